The number of nitrogens with one attached hydrogen (secondary N) is 1. The number of hydrogen-bond acceptors (Lipinski definition) is 2. The summed E-state index contributed by atoms with van der Waals surface area (Å²) in [5.41, 5.74) is 1.69. The van der Waals surface area contributed by atoms with E-state index < -0.39 is 6.10 Å². The normalized spacial score (nSPS) is 12.1. The number of benzene rings is 2. The van der Waals surface area contributed by atoms with Gasteiger partial charge in [-0.3, -0.25) is 4.79 Å². The Morgan fingerprint density at radius 2 is 1.70 bits per heavy atom. The van der Waals surface area contributed by atoms with Gasteiger partial charge in [0.05, 0.1) is 15.7 Å². The lowest BCUT2D eigenvalue weighted by Crippen LogP contribution is -2.30. The minimum atomic E-state index is -0.657. The topological polar surface area (TPSA) is 38.3 Å². The van der Waals surface area contributed by atoms with Crippen LogP contribution in [-0.2, 0) is 4.79 Å². The smallest absolute Gasteiger partial charge is 0.265 e. The molecule has 1 N–H and O–H groups in total. The zero-order chi connectivity index (χ0) is 17.0. The highest BCUT2D eigenvalue weighted by Crippen LogP contribution is 2.29. The van der Waals surface area contributed by atoms with Crippen LogP contribution in [0, 0.1) is 0 Å². The summed E-state index contributed by atoms with van der Waals surface area (Å²) in [6.07, 6.45) is -0.657. The van der Waals surface area contributed by atoms with Gasteiger partial charge in [0.25, 0.3) is 5.91 Å². The molecule has 23 heavy (non-hydrogen) atoms. The minimum absolute atomic E-state index is 0.290. The molecule has 3 nitrogen and oxygen atoms in total. The molecule has 2 rings (SSSR count). The van der Waals surface area contributed by atoms with E-state index in [0.29, 0.717) is 27.4 Å². The van der Waals surface area contributed by atoms with Gasteiger partial charge in [0.2, 0.25) is 0 Å². The fourth-order valence-electron chi connectivity index (χ4n) is 2.02. The number of amides is 1. The second kappa shape index (κ2) is 7.71. The van der Waals surface area contributed by atoms with Crippen molar-refractivity contribution in [2.24, 2.45) is 0 Å². The molecular weight excluding hydrogens is 333 g/mol. The second-order valence-corrected chi connectivity index (χ2v) is 6.36. The van der Waals surface area contributed by atoms with Crippen LogP contribution in [0.5, 0.6) is 5.75 Å². The lowest BCUT2D eigenvalue weighted by molar-refractivity contribution is -0.122. The van der Waals surface area contributed by atoms with Crippen molar-refractivity contribution in [3.8, 4) is 5.75 Å². The lowest BCUT2D eigenvalue weighted by atomic mass is 10.0. The van der Waals surface area contributed by atoms with Crippen molar-refractivity contribution < 1.29 is 9.53 Å². The summed E-state index contributed by atoms with van der Waals surface area (Å²) in [6, 6.07) is 12.8. The van der Waals surface area contributed by atoms with E-state index in [1.807, 2.05) is 24.3 Å². The van der Waals surface area contributed by atoms with Gasteiger partial charge in [0, 0.05) is 0 Å². The summed E-state index contributed by atoms with van der Waals surface area (Å²) in [4.78, 5) is 12.2. The first kappa shape index (κ1) is 17.6. The van der Waals surface area contributed by atoms with Crippen LogP contribution in [-0.4, -0.2) is 12.0 Å². The molecule has 0 aromatic heterocycles. The van der Waals surface area contributed by atoms with E-state index >= 15 is 0 Å². The molecular formula is C18H19Cl2NO2. The Hall–Kier alpha value is -1.71. The molecule has 0 saturated heterocycles. The van der Waals surface area contributed by atoms with Crippen molar-refractivity contribution >= 4 is 34.8 Å². The van der Waals surface area contributed by atoms with E-state index in [1.54, 1.807) is 25.1 Å². The van der Waals surface area contributed by atoms with Gasteiger partial charge in [-0.15, -0.1) is 0 Å². The average molecular weight is 352 g/mol. The second-order valence-electron chi connectivity index (χ2n) is 5.57. The molecule has 0 aliphatic heterocycles. The van der Waals surface area contributed by atoms with Crippen molar-refractivity contribution in [2.75, 3.05) is 5.32 Å². The van der Waals surface area contributed by atoms with Gasteiger partial charge in [0.1, 0.15) is 5.75 Å². The number of anilines is 1. The molecule has 0 bridgehead atoms. The highest BCUT2D eigenvalue weighted by Gasteiger charge is 2.17. The SMILES string of the molecule is CC(Oc1ccc(C(C)C)cc1)C(=O)Nc1cccc(Cl)c1Cl. The predicted octanol–water partition coefficient (Wildman–Crippen LogP) is 5.52. The summed E-state index contributed by atoms with van der Waals surface area (Å²) in [5.74, 6) is 0.811. The molecule has 1 atom stereocenters. The maximum atomic E-state index is 12.2. The lowest BCUT2D eigenvalue weighted by Gasteiger charge is -2.16. The average Bonchev–Trinajstić information content (AvgIpc) is 2.52. The first-order valence-corrected chi connectivity index (χ1v) is 8.15. The number of rotatable bonds is 5. The van der Waals surface area contributed by atoms with E-state index in [9.17, 15) is 4.79 Å². The van der Waals surface area contributed by atoms with E-state index in [1.165, 1.54) is 5.56 Å². The van der Waals surface area contributed by atoms with Gasteiger partial charge < -0.3 is 10.1 Å². The molecule has 2 aromatic rings. The zero-order valence-corrected chi connectivity index (χ0v) is 14.8. The van der Waals surface area contributed by atoms with E-state index in [0.717, 1.165) is 0 Å². The molecule has 0 spiro atoms. The minimum Gasteiger partial charge on any atom is -0.481 e. The number of carbonyl (C=O) groups is 1. The zero-order valence-electron chi connectivity index (χ0n) is 13.3. The quantitative estimate of drug-likeness (QED) is 0.769. The van der Waals surface area contributed by atoms with Gasteiger partial charge in [-0.2, -0.15) is 0 Å². The van der Waals surface area contributed by atoms with E-state index in [2.05, 4.69) is 19.2 Å². The van der Waals surface area contributed by atoms with Crippen molar-refractivity contribution in [3.05, 3.63) is 58.1 Å². The van der Waals surface area contributed by atoms with Crippen LogP contribution < -0.4 is 10.1 Å². The molecule has 122 valence electrons. The summed E-state index contributed by atoms with van der Waals surface area (Å²) in [5, 5.41) is 3.43. The molecule has 1 amide bonds. The molecule has 1 unspecified atom stereocenters. The number of halogens is 2. The summed E-state index contributed by atoms with van der Waals surface area (Å²) in [6.45, 7) is 5.94. The number of hydrogen-bond donors (Lipinski definition) is 1. The van der Waals surface area contributed by atoms with Crippen molar-refractivity contribution in [1.29, 1.82) is 0 Å². The molecule has 2 aromatic carbocycles. The summed E-state index contributed by atoms with van der Waals surface area (Å²) < 4.78 is 5.67. The maximum absolute atomic E-state index is 12.2. The Balaban J connectivity index is 2.01. The Morgan fingerprint density at radius 3 is 2.30 bits per heavy atom. The van der Waals surface area contributed by atoms with Crippen LogP contribution in [0.15, 0.2) is 42.5 Å². The molecule has 5 heteroatoms. The number of ether oxygens (including phenoxy) is 1. The van der Waals surface area contributed by atoms with E-state index in [4.69, 9.17) is 27.9 Å². The monoisotopic (exact) mass is 351 g/mol. The third-order valence-corrected chi connectivity index (χ3v) is 4.26. The predicted molar refractivity (Wildman–Crippen MR) is 95.7 cm³/mol. The largest absolute Gasteiger partial charge is 0.481 e. The van der Waals surface area contributed by atoms with Crippen LogP contribution >= 0.6 is 23.2 Å². The van der Waals surface area contributed by atoms with Crippen LogP contribution in [0.1, 0.15) is 32.3 Å². The fourth-order valence-corrected chi connectivity index (χ4v) is 2.37. The van der Waals surface area contributed by atoms with Crippen LogP contribution in [0.3, 0.4) is 0 Å². The highest BCUT2D eigenvalue weighted by molar-refractivity contribution is 6.44. The Labute approximate surface area is 146 Å². The fraction of sp³-hybridized carbons (Fsp3) is 0.278. The molecule has 0 fully saturated rings. The highest BCUT2D eigenvalue weighted by atomic mass is 35.5. The number of carbonyl (C=O) groups excluding carboxylic acids is 1. The first-order chi connectivity index (χ1) is 10.9. The van der Waals surface area contributed by atoms with Crippen LogP contribution in [0.2, 0.25) is 10.0 Å². The Kier molecular flexibility index (Phi) is 5.91. The standard InChI is InChI=1S/C18H19Cl2NO2/c1-11(2)13-7-9-14(10-8-13)23-12(3)18(22)21-16-6-4-5-15(19)17(16)20/h4-12H,1-3H3,(H,21,22). The van der Waals surface area contributed by atoms with Gasteiger partial charge in [0.15, 0.2) is 6.10 Å². The Morgan fingerprint density at radius 1 is 1.04 bits per heavy atom. The van der Waals surface area contributed by atoms with Crippen LogP contribution in [0.25, 0.3) is 0 Å². The molecule has 0 heterocycles. The third kappa shape index (κ3) is 4.63. The van der Waals surface area contributed by atoms with Gasteiger partial charge in [-0.25, -0.2) is 0 Å². The molecule has 0 aliphatic carbocycles. The van der Waals surface area contributed by atoms with Crippen molar-refractivity contribution in [1.82, 2.24) is 0 Å². The molecule has 0 aliphatic rings. The van der Waals surface area contributed by atoms with Gasteiger partial charge in [-0.1, -0.05) is 55.2 Å². The maximum Gasteiger partial charge on any atom is 0.265 e. The first-order valence-electron chi connectivity index (χ1n) is 7.40. The molecule has 0 radical (unpaired) electrons. The summed E-state index contributed by atoms with van der Waals surface area (Å²) in [7, 11) is 0. The van der Waals surface area contributed by atoms with Crippen molar-refractivity contribution in [3.63, 3.8) is 0 Å². The van der Waals surface area contributed by atoms with Gasteiger partial charge in [-0.05, 0) is 42.7 Å². The Bertz CT molecular complexity index is 684. The van der Waals surface area contributed by atoms with Gasteiger partial charge >= 0.3 is 0 Å². The van der Waals surface area contributed by atoms with Crippen LogP contribution in [0.4, 0.5) is 5.69 Å². The third-order valence-electron chi connectivity index (χ3n) is 3.44. The molecule has 0 saturated carbocycles. The summed E-state index contributed by atoms with van der Waals surface area (Å²) >= 11 is 12.0. The van der Waals surface area contributed by atoms with Crippen molar-refractivity contribution in [2.45, 2.75) is 32.8 Å². The van der Waals surface area contributed by atoms with E-state index in [-0.39, 0.29) is 5.91 Å².